The van der Waals surface area contributed by atoms with Crippen LogP contribution in [0.1, 0.15) is 44.2 Å². The highest BCUT2D eigenvalue weighted by Gasteiger charge is 2.33. The molecule has 2 N–H and O–H groups in total. The summed E-state index contributed by atoms with van der Waals surface area (Å²) in [6.45, 7) is 6.62. The molecule has 0 amide bonds. The monoisotopic (exact) mass is 293 g/mol. The molecule has 2 nitrogen and oxygen atoms in total. The smallest absolute Gasteiger partial charge is 0.0505 e. The maximum atomic E-state index is 12.7. The topological polar surface area (TPSA) is 43.1 Å². The van der Waals surface area contributed by atoms with Crippen LogP contribution in [0.4, 0.5) is 0 Å². The second-order valence-electron chi connectivity index (χ2n) is 6.47. The molecule has 1 aliphatic rings. The van der Waals surface area contributed by atoms with Crippen molar-refractivity contribution in [3.63, 3.8) is 0 Å². The molecule has 0 bridgehead atoms. The normalized spacial score (nSPS) is 28.6. The van der Waals surface area contributed by atoms with Crippen LogP contribution in [0.25, 0.3) is 0 Å². The molecule has 0 aromatic heterocycles. The van der Waals surface area contributed by atoms with Crippen molar-refractivity contribution >= 4 is 10.8 Å². The minimum absolute atomic E-state index is 0.106. The van der Waals surface area contributed by atoms with Gasteiger partial charge in [-0.2, -0.15) is 0 Å². The van der Waals surface area contributed by atoms with E-state index in [1.54, 1.807) is 0 Å². The van der Waals surface area contributed by atoms with E-state index in [2.05, 4.69) is 32.9 Å². The van der Waals surface area contributed by atoms with Gasteiger partial charge in [0.2, 0.25) is 0 Å². The lowest BCUT2D eigenvalue weighted by atomic mass is 9.79. The standard InChI is InChI=1S/C17H27NOS/c1-12(2)14-8-9-16(18)17(10-14)20(19)11-15-7-5-4-6-13(15)3/h4-7,12,14,16-17H,8-11,18H2,1-3H3. The van der Waals surface area contributed by atoms with Gasteiger partial charge < -0.3 is 5.73 Å². The summed E-state index contributed by atoms with van der Waals surface area (Å²) in [5.41, 5.74) is 8.67. The average Bonchev–Trinajstić information content (AvgIpc) is 2.41. The molecule has 0 heterocycles. The Morgan fingerprint density at radius 2 is 2.00 bits per heavy atom. The van der Waals surface area contributed by atoms with Crippen molar-refractivity contribution in [2.24, 2.45) is 17.6 Å². The van der Waals surface area contributed by atoms with E-state index in [1.807, 2.05) is 12.1 Å². The Labute approximate surface area is 125 Å². The van der Waals surface area contributed by atoms with Crippen molar-refractivity contribution in [2.45, 2.75) is 57.1 Å². The minimum atomic E-state index is -0.860. The second-order valence-corrected chi connectivity index (χ2v) is 8.13. The predicted octanol–water partition coefficient (Wildman–Crippen LogP) is 3.40. The molecule has 1 saturated carbocycles. The van der Waals surface area contributed by atoms with Crippen LogP contribution < -0.4 is 5.73 Å². The van der Waals surface area contributed by atoms with Gasteiger partial charge in [0.1, 0.15) is 0 Å². The van der Waals surface area contributed by atoms with E-state index in [0.29, 0.717) is 17.6 Å². The summed E-state index contributed by atoms with van der Waals surface area (Å²) < 4.78 is 12.7. The van der Waals surface area contributed by atoms with Crippen LogP contribution in [0.3, 0.4) is 0 Å². The maximum Gasteiger partial charge on any atom is 0.0505 e. The van der Waals surface area contributed by atoms with E-state index >= 15 is 0 Å². The van der Waals surface area contributed by atoms with Gasteiger partial charge in [0.15, 0.2) is 0 Å². The van der Waals surface area contributed by atoms with E-state index in [4.69, 9.17) is 5.73 Å². The molecule has 4 atom stereocenters. The third-order valence-corrected chi connectivity index (χ3v) is 6.54. The van der Waals surface area contributed by atoms with Crippen LogP contribution in [-0.4, -0.2) is 15.5 Å². The summed E-state index contributed by atoms with van der Waals surface area (Å²) in [5.74, 6) is 2.00. The Kier molecular flexibility index (Phi) is 5.39. The molecule has 3 heteroatoms. The molecule has 1 aromatic rings. The number of hydrogen-bond acceptors (Lipinski definition) is 2. The Balaban J connectivity index is 2.05. The number of nitrogens with two attached hydrogens (primary N) is 1. The van der Waals surface area contributed by atoms with Gasteiger partial charge in [0, 0.05) is 22.6 Å². The Bertz CT molecular complexity index is 472. The molecular formula is C17H27NOS. The largest absolute Gasteiger partial charge is 0.327 e. The summed E-state index contributed by atoms with van der Waals surface area (Å²) in [5, 5.41) is 0.163. The molecule has 0 aliphatic heterocycles. The predicted molar refractivity (Wildman–Crippen MR) is 87.0 cm³/mol. The molecule has 1 aromatic carbocycles. The third kappa shape index (κ3) is 3.70. The number of aryl methyl sites for hydroxylation is 1. The molecule has 4 unspecified atom stereocenters. The lowest BCUT2D eigenvalue weighted by Crippen LogP contribution is -2.44. The van der Waals surface area contributed by atoms with Crippen LogP contribution >= 0.6 is 0 Å². The van der Waals surface area contributed by atoms with Gasteiger partial charge in [-0.05, 0) is 49.1 Å². The van der Waals surface area contributed by atoms with Gasteiger partial charge in [-0.15, -0.1) is 0 Å². The van der Waals surface area contributed by atoms with E-state index in [-0.39, 0.29) is 11.3 Å². The summed E-state index contributed by atoms with van der Waals surface area (Å²) in [6.07, 6.45) is 3.24. The maximum absolute atomic E-state index is 12.7. The SMILES string of the molecule is Cc1ccccc1CS(=O)C1CC(C(C)C)CCC1N. The van der Waals surface area contributed by atoms with Crippen molar-refractivity contribution in [2.75, 3.05) is 0 Å². The van der Waals surface area contributed by atoms with Crippen LogP contribution in [0.15, 0.2) is 24.3 Å². The molecule has 1 aliphatic carbocycles. The average molecular weight is 293 g/mol. The first-order valence-electron chi connectivity index (χ1n) is 7.66. The molecule has 1 fully saturated rings. The molecule has 112 valence electrons. The van der Waals surface area contributed by atoms with Crippen molar-refractivity contribution in [1.82, 2.24) is 0 Å². The first kappa shape index (κ1) is 15.7. The van der Waals surface area contributed by atoms with Crippen molar-refractivity contribution in [3.8, 4) is 0 Å². The molecule has 0 spiro atoms. The molecule has 0 saturated heterocycles. The van der Waals surface area contributed by atoms with Crippen LogP contribution in [0.5, 0.6) is 0 Å². The zero-order valence-electron chi connectivity index (χ0n) is 12.8. The zero-order valence-corrected chi connectivity index (χ0v) is 13.7. The van der Waals surface area contributed by atoms with Gasteiger partial charge in [0.25, 0.3) is 0 Å². The fourth-order valence-electron chi connectivity index (χ4n) is 3.12. The zero-order chi connectivity index (χ0) is 14.7. The molecule has 0 radical (unpaired) electrons. The number of benzene rings is 1. The highest BCUT2D eigenvalue weighted by Crippen LogP contribution is 2.32. The van der Waals surface area contributed by atoms with Crippen LogP contribution in [0.2, 0.25) is 0 Å². The van der Waals surface area contributed by atoms with Crippen molar-refractivity contribution in [1.29, 1.82) is 0 Å². The summed E-state index contributed by atoms with van der Waals surface area (Å²) in [7, 11) is -0.860. The van der Waals surface area contributed by atoms with E-state index in [0.717, 1.165) is 12.8 Å². The van der Waals surface area contributed by atoms with E-state index in [1.165, 1.54) is 17.5 Å². The lowest BCUT2D eigenvalue weighted by Gasteiger charge is -2.35. The van der Waals surface area contributed by atoms with Gasteiger partial charge in [-0.3, -0.25) is 4.21 Å². The molecule has 20 heavy (non-hydrogen) atoms. The Hall–Kier alpha value is -0.670. The Morgan fingerprint density at radius 1 is 1.30 bits per heavy atom. The van der Waals surface area contributed by atoms with Crippen LogP contribution in [0, 0.1) is 18.8 Å². The summed E-state index contributed by atoms with van der Waals surface area (Å²) in [6, 6.07) is 8.33. The summed E-state index contributed by atoms with van der Waals surface area (Å²) in [4.78, 5) is 0. The van der Waals surface area contributed by atoms with E-state index < -0.39 is 10.8 Å². The third-order valence-electron chi connectivity index (χ3n) is 4.72. The fourth-order valence-corrected chi connectivity index (χ4v) is 4.96. The Morgan fingerprint density at radius 3 is 2.65 bits per heavy atom. The number of rotatable bonds is 4. The van der Waals surface area contributed by atoms with Crippen molar-refractivity contribution < 1.29 is 4.21 Å². The van der Waals surface area contributed by atoms with Gasteiger partial charge in [0.05, 0.1) is 5.25 Å². The highest BCUT2D eigenvalue weighted by molar-refractivity contribution is 7.84. The van der Waals surface area contributed by atoms with Gasteiger partial charge in [-0.25, -0.2) is 0 Å². The summed E-state index contributed by atoms with van der Waals surface area (Å²) >= 11 is 0. The lowest BCUT2D eigenvalue weighted by molar-refractivity contribution is 0.263. The highest BCUT2D eigenvalue weighted by atomic mass is 32.2. The number of hydrogen-bond donors (Lipinski definition) is 1. The van der Waals surface area contributed by atoms with Gasteiger partial charge in [-0.1, -0.05) is 38.1 Å². The quantitative estimate of drug-likeness (QED) is 0.924. The molecular weight excluding hydrogens is 266 g/mol. The minimum Gasteiger partial charge on any atom is -0.327 e. The van der Waals surface area contributed by atoms with Crippen molar-refractivity contribution in [3.05, 3.63) is 35.4 Å². The second kappa shape index (κ2) is 6.86. The first-order chi connectivity index (χ1) is 9.49. The fraction of sp³-hybridized carbons (Fsp3) is 0.647. The molecule has 2 rings (SSSR count). The van der Waals surface area contributed by atoms with E-state index in [9.17, 15) is 4.21 Å². The first-order valence-corrected chi connectivity index (χ1v) is 9.04. The van der Waals surface area contributed by atoms with Gasteiger partial charge >= 0.3 is 0 Å². The van der Waals surface area contributed by atoms with Crippen LogP contribution in [-0.2, 0) is 16.6 Å².